The molecule has 0 saturated carbocycles. The van der Waals surface area contributed by atoms with Crippen molar-refractivity contribution >= 4 is 21.6 Å². The van der Waals surface area contributed by atoms with Crippen LogP contribution >= 0.6 is 0 Å². The molecule has 4 rings (SSSR count). The van der Waals surface area contributed by atoms with Crippen molar-refractivity contribution in [2.75, 3.05) is 38.1 Å². The topological polar surface area (TPSA) is 96.8 Å². The van der Waals surface area contributed by atoms with Crippen LogP contribution in [0.3, 0.4) is 0 Å². The average molecular weight is 462 g/mol. The second-order valence-electron chi connectivity index (χ2n) is 8.88. The molecule has 1 amide bonds. The number of piperazine rings is 1. The Bertz CT molecular complexity index is 1140. The molecule has 1 fully saturated rings. The number of nitrogens with zero attached hydrogens (tertiary/aromatic N) is 4. The van der Waals surface area contributed by atoms with Crippen molar-refractivity contribution in [2.24, 2.45) is 7.05 Å². The smallest absolute Gasteiger partial charge is 0.246 e. The summed E-state index contributed by atoms with van der Waals surface area (Å²) in [5, 5.41) is 7.24. The number of aromatic nitrogens is 2. The van der Waals surface area contributed by atoms with Gasteiger partial charge in [-0.2, -0.15) is 9.40 Å². The fourth-order valence-corrected chi connectivity index (χ4v) is 6.26. The van der Waals surface area contributed by atoms with E-state index in [1.807, 2.05) is 23.1 Å². The van der Waals surface area contributed by atoms with E-state index in [1.165, 1.54) is 4.31 Å². The van der Waals surface area contributed by atoms with E-state index >= 15 is 0 Å². The first kappa shape index (κ1) is 22.8. The molecular formula is C22H31N5O4S. The third-order valence-electron chi connectivity index (χ3n) is 6.33. The number of hydrogen-bond donors (Lipinski definition) is 1. The van der Waals surface area contributed by atoms with Gasteiger partial charge in [0.15, 0.2) is 0 Å². The summed E-state index contributed by atoms with van der Waals surface area (Å²) in [4.78, 5) is 15.0. The van der Waals surface area contributed by atoms with Crippen molar-refractivity contribution in [3.8, 4) is 5.75 Å². The van der Waals surface area contributed by atoms with Gasteiger partial charge in [-0.1, -0.05) is 19.9 Å². The minimum atomic E-state index is -3.71. The van der Waals surface area contributed by atoms with Crippen LogP contribution in [0.1, 0.15) is 36.7 Å². The number of anilines is 1. The summed E-state index contributed by atoms with van der Waals surface area (Å²) in [7, 11) is -1.96. The molecule has 1 aromatic carbocycles. The summed E-state index contributed by atoms with van der Waals surface area (Å²) in [6.45, 7) is 9.17. The first-order chi connectivity index (χ1) is 15.1. The zero-order valence-corrected chi connectivity index (χ0v) is 20.1. The van der Waals surface area contributed by atoms with Gasteiger partial charge in [0, 0.05) is 26.7 Å². The molecule has 2 aliphatic heterocycles. The van der Waals surface area contributed by atoms with Crippen LogP contribution in [-0.2, 0) is 21.9 Å². The molecule has 1 aromatic heterocycles. The number of carbonyl (C=O) groups excluding carboxylic acids is 1. The van der Waals surface area contributed by atoms with Gasteiger partial charge in [-0.25, -0.2) is 8.42 Å². The summed E-state index contributed by atoms with van der Waals surface area (Å²) < 4.78 is 36.0. The molecule has 0 unspecified atom stereocenters. The Morgan fingerprint density at radius 2 is 1.97 bits per heavy atom. The maximum Gasteiger partial charge on any atom is 0.246 e. The Hall–Kier alpha value is -2.43. The van der Waals surface area contributed by atoms with Crippen molar-refractivity contribution in [1.29, 1.82) is 0 Å². The lowest BCUT2D eigenvalue weighted by Gasteiger charge is -2.39. The SMILES string of the molecule is Cc1nn(C)c(C)c1S(=O)(=O)N1CCN2CC(=O)Nc3cc(C(C)C)ccc3OC[C@@H]2C1. The summed E-state index contributed by atoms with van der Waals surface area (Å²) in [5.41, 5.74) is 2.88. The average Bonchev–Trinajstić information content (AvgIpc) is 3.02. The van der Waals surface area contributed by atoms with E-state index in [9.17, 15) is 13.2 Å². The number of benzene rings is 1. The van der Waals surface area contributed by atoms with Crippen LogP contribution in [0, 0.1) is 13.8 Å². The number of sulfonamides is 1. The van der Waals surface area contributed by atoms with Gasteiger partial charge in [-0.05, 0) is 37.5 Å². The van der Waals surface area contributed by atoms with Gasteiger partial charge in [-0.3, -0.25) is 14.4 Å². The molecule has 9 nitrogen and oxygen atoms in total. The summed E-state index contributed by atoms with van der Waals surface area (Å²) >= 11 is 0. The van der Waals surface area contributed by atoms with Crippen molar-refractivity contribution in [2.45, 2.75) is 44.6 Å². The Balaban J connectivity index is 1.59. The monoisotopic (exact) mass is 461 g/mol. The van der Waals surface area contributed by atoms with Crippen LogP contribution in [0.25, 0.3) is 0 Å². The Labute approximate surface area is 189 Å². The number of rotatable bonds is 3. The van der Waals surface area contributed by atoms with Crippen LogP contribution < -0.4 is 10.1 Å². The molecule has 2 aliphatic rings. The van der Waals surface area contributed by atoms with E-state index in [1.54, 1.807) is 25.6 Å². The fraction of sp³-hybridized carbons (Fsp3) is 0.545. The normalized spacial score (nSPS) is 20.6. The lowest BCUT2D eigenvalue weighted by Crippen LogP contribution is -2.57. The van der Waals surface area contributed by atoms with Crippen molar-refractivity contribution < 1.29 is 17.9 Å². The number of fused-ring (bicyclic) bond motifs is 2. The van der Waals surface area contributed by atoms with Crippen molar-refractivity contribution in [3.05, 3.63) is 35.2 Å². The van der Waals surface area contributed by atoms with Gasteiger partial charge >= 0.3 is 0 Å². The zero-order chi connectivity index (χ0) is 23.2. The lowest BCUT2D eigenvalue weighted by molar-refractivity contribution is -0.118. The van der Waals surface area contributed by atoms with Crippen molar-refractivity contribution in [3.63, 3.8) is 0 Å². The molecule has 0 aliphatic carbocycles. The summed E-state index contributed by atoms with van der Waals surface area (Å²) in [6, 6.07) is 5.58. The molecule has 0 bridgehead atoms. The largest absolute Gasteiger partial charge is 0.490 e. The molecule has 0 radical (unpaired) electrons. The van der Waals surface area contributed by atoms with Gasteiger partial charge in [-0.15, -0.1) is 0 Å². The molecule has 1 atom stereocenters. The van der Waals surface area contributed by atoms with E-state index in [4.69, 9.17) is 4.74 Å². The Morgan fingerprint density at radius 3 is 2.62 bits per heavy atom. The molecule has 0 spiro atoms. The second kappa shape index (κ2) is 8.49. The van der Waals surface area contributed by atoms with Gasteiger partial charge in [0.1, 0.15) is 17.3 Å². The molecule has 10 heteroatoms. The maximum absolute atomic E-state index is 13.4. The predicted molar refractivity (Wildman–Crippen MR) is 121 cm³/mol. The van der Waals surface area contributed by atoms with E-state index in [0.717, 1.165) is 5.56 Å². The highest BCUT2D eigenvalue weighted by molar-refractivity contribution is 7.89. The van der Waals surface area contributed by atoms with E-state index in [2.05, 4.69) is 24.3 Å². The predicted octanol–water partition coefficient (Wildman–Crippen LogP) is 1.87. The van der Waals surface area contributed by atoms with Crippen LogP contribution in [-0.4, -0.2) is 72.1 Å². The minimum absolute atomic E-state index is 0.127. The highest BCUT2D eigenvalue weighted by atomic mass is 32.2. The number of aryl methyl sites for hydroxylation is 2. The first-order valence-electron chi connectivity index (χ1n) is 10.9. The van der Waals surface area contributed by atoms with Crippen LogP contribution in [0.15, 0.2) is 23.1 Å². The second-order valence-corrected chi connectivity index (χ2v) is 10.8. The molecule has 1 N–H and O–H groups in total. The number of ether oxygens (including phenoxy) is 1. The molecule has 2 aromatic rings. The van der Waals surface area contributed by atoms with Crippen molar-refractivity contribution in [1.82, 2.24) is 19.0 Å². The Morgan fingerprint density at radius 1 is 1.22 bits per heavy atom. The van der Waals surface area contributed by atoms with Gasteiger partial charge in [0.25, 0.3) is 0 Å². The minimum Gasteiger partial charge on any atom is -0.490 e. The molecular weight excluding hydrogens is 430 g/mol. The Kier molecular flexibility index (Phi) is 6.04. The molecule has 174 valence electrons. The van der Waals surface area contributed by atoms with Gasteiger partial charge in [0.05, 0.1) is 29.7 Å². The number of hydrogen-bond acceptors (Lipinski definition) is 6. The van der Waals surface area contributed by atoms with E-state index < -0.39 is 10.0 Å². The third-order valence-corrected chi connectivity index (χ3v) is 8.45. The molecule has 1 saturated heterocycles. The lowest BCUT2D eigenvalue weighted by atomic mass is 10.0. The highest BCUT2D eigenvalue weighted by Crippen LogP contribution is 2.31. The first-order valence-corrected chi connectivity index (χ1v) is 12.3. The van der Waals surface area contributed by atoms with Gasteiger partial charge < -0.3 is 10.1 Å². The maximum atomic E-state index is 13.4. The van der Waals surface area contributed by atoms with E-state index in [0.29, 0.717) is 48.4 Å². The number of carbonyl (C=O) groups is 1. The molecule has 3 heterocycles. The number of nitrogens with one attached hydrogen (secondary N) is 1. The third kappa shape index (κ3) is 4.14. The summed E-state index contributed by atoms with van der Waals surface area (Å²) in [6.07, 6.45) is 0. The van der Waals surface area contributed by atoms with Crippen LogP contribution in [0.2, 0.25) is 0 Å². The van der Waals surface area contributed by atoms with Crippen LogP contribution in [0.4, 0.5) is 5.69 Å². The number of amides is 1. The van der Waals surface area contributed by atoms with Gasteiger partial charge in [0.2, 0.25) is 15.9 Å². The highest BCUT2D eigenvalue weighted by Gasteiger charge is 2.38. The van der Waals surface area contributed by atoms with Crippen LogP contribution in [0.5, 0.6) is 5.75 Å². The summed E-state index contributed by atoms with van der Waals surface area (Å²) in [5.74, 6) is 0.802. The quantitative estimate of drug-likeness (QED) is 0.750. The molecule has 32 heavy (non-hydrogen) atoms. The zero-order valence-electron chi connectivity index (χ0n) is 19.3. The standard InChI is InChI=1S/C22H31N5O4S/c1-14(2)17-6-7-20-19(10-17)23-21(28)12-26-8-9-27(11-18(26)13-31-20)32(29,30)22-15(3)24-25(5)16(22)4/h6-7,10,14,18H,8-9,11-13H2,1-5H3,(H,23,28)/t18-/m0/s1. The van der Waals surface area contributed by atoms with E-state index in [-0.39, 0.29) is 29.9 Å². The fourth-order valence-electron chi connectivity index (χ4n) is 4.40.